The highest BCUT2D eigenvalue weighted by molar-refractivity contribution is 5.41. The molecular weight excluding hydrogens is 140 g/mol. The van der Waals surface area contributed by atoms with E-state index in [1.807, 2.05) is 6.92 Å². The summed E-state index contributed by atoms with van der Waals surface area (Å²) >= 11 is 0. The number of aryl methyl sites for hydroxylation is 1. The van der Waals surface area contributed by atoms with Crippen LogP contribution in [0.25, 0.3) is 0 Å². The van der Waals surface area contributed by atoms with E-state index in [9.17, 15) is 0 Å². The molecule has 3 N–H and O–H groups in total. The Bertz CT molecular complexity index is 258. The number of aliphatic hydroxyl groups is 1. The summed E-state index contributed by atoms with van der Waals surface area (Å²) in [7, 11) is 0. The summed E-state index contributed by atoms with van der Waals surface area (Å²) in [6, 6.07) is 1.80. The van der Waals surface area contributed by atoms with Crippen molar-refractivity contribution in [3.05, 3.63) is 29.5 Å². The molecule has 0 aliphatic rings. The largest absolute Gasteiger partial charge is 0.383 e. The average molecular weight is 151 g/mol. The van der Waals surface area contributed by atoms with E-state index in [1.165, 1.54) is 0 Å². The third-order valence-electron chi connectivity index (χ3n) is 1.54. The van der Waals surface area contributed by atoms with E-state index in [0.717, 1.165) is 11.1 Å². The number of nitrogens with zero attached hydrogens (tertiary/aromatic N) is 1. The fraction of sp³-hybridized carbons (Fsp3) is 0.250. The highest BCUT2D eigenvalue weighted by atomic mass is 16.3. The third-order valence-corrected chi connectivity index (χ3v) is 1.54. The first-order valence-corrected chi connectivity index (χ1v) is 3.36. The normalized spacial score (nSPS) is 10.5. The van der Waals surface area contributed by atoms with Gasteiger partial charge < -0.3 is 10.8 Å². The Hall–Kier alpha value is -1.09. The molecule has 0 atom stereocenters. The van der Waals surface area contributed by atoms with Crippen molar-refractivity contribution in [2.45, 2.75) is 13.8 Å². The Labute approximate surface area is 65.9 Å². The van der Waals surface area contributed by atoms with Crippen molar-refractivity contribution in [1.29, 1.82) is 0 Å². The number of hydrogen-bond acceptors (Lipinski definition) is 3. The number of aliphatic hydroxyl groups excluding tert-OH is 1. The minimum absolute atomic E-state index is 0.264. The van der Waals surface area contributed by atoms with E-state index in [1.54, 1.807) is 19.2 Å². The van der Waals surface area contributed by atoms with E-state index in [2.05, 4.69) is 4.98 Å². The van der Waals surface area contributed by atoms with Crippen LogP contribution in [0.1, 0.15) is 18.1 Å². The maximum absolute atomic E-state index is 9.07. The van der Waals surface area contributed by atoms with Gasteiger partial charge in [0, 0.05) is 11.8 Å². The first-order valence-electron chi connectivity index (χ1n) is 3.36. The number of pyridine rings is 1. The molecule has 1 aromatic heterocycles. The summed E-state index contributed by atoms with van der Waals surface area (Å²) in [4.78, 5) is 3.90. The molecule has 0 amide bonds. The summed E-state index contributed by atoms with van der Waals surface area (Å²) in [5.41, 5.74) is 7.09. The van der Waals surface area contributed by atoms with Crippen molar-refractivity contribution in [2.75, 3.05) is 5.73 Å². The highest BCUT2D eigenvalue weighted by Crippen LogP contribution is 2.14. The highest BCUT2D eigenvalue weighted by Gasteiger charge is 2.03. The minimum Gasteiger partial charge on any atom is -0.383 e. The van der Waals surface area contributed by atoms with Gasteiger partial charge in [0.05, 0.1) is 0 Å². The molecule has 59 valence electrons. The van der Waals surface area contributed by atoms with Crippen LogP contribution >= 0.6 is 0 Å². The summed E-state index contributed by atoms with van der Waals surface area (Å²) in [6.45, 7) is 3.47. The summed E-state index contributed by atoms with van der Waals surface area (Å²) in [5.74, 6) is 0.509. The SMILES string of the molecule is C[C](O)c1cnc(N)c(C)c1. The number of hydrogen-bond donors (Lipinski definition) is 2. The van der Waals surface area contributed by atoms with Gasteiger partial charge in [-0.25, -0.2) is 4.98 Å². The molecule has 1 aromatic rings. The maximum atomic E-state index is 9.07. The van der Waals surface area contributed by atoms with E-state index in [-0.39, 0.29) is 6.10 Å². The van der Waals surface area contributed by atoms with Crippen LogP contribution in [0.3, 0.4) is 0 Å². The molecule has 0 bridgehead atoms. The van der Waals surface area contributed by atoms with Gasteiger partial charge in [-0.05, 0) is 25.5 Å². The minimum atomic E-state index is 0.264. The van der Waals surface area contributed by atoms with Crippen molar-refractivity contribution in [1.82, 2.24) is 4.98 Å². The molecule has 1 rings (SSSR count). The Morgan fingerprint density at radius 3 is 2.73 bits per heavy atom. The maximum Gasteiger partial charge on any atom is 0.126 e. The molecule has 0 aliphatic carbocycles. The molecule has 1 radical (unpaired) electrons. The fourth-order valence-corrected chi connectivity index (χ4v) is 0.783. The van der Waals surface area contributed by atoms with Crippen molar-refractivity contribution in [2.24, 2.45) is 0 Å². The van der Waals surface area contributed by atoms with Gasteiger partial charge in [-0.15, -0.1) is 0 Å². The Balaban J connectivity index is 3.05. The second-order valence-corrected chi connectivity index (χ2v) is 2.51. The number of aromatic nitrogens is 1. The first kappa shape index (κ1) is 8.01. The molecule has 1 heterocycles. The van der Waals surface area contributed by atoms with Gasteiger partial charge in [0.15, 0.2) is 0 Å². The zero-order chi connectivity index (χ0) is 8.43. The van der Waals surface area contributed by atoms with E-state index >= 15 is 0 Å². The lowest BCUT2D eigenvalue weighted by Gasteiger charge is -2.04. The van der Waals surface area contributed by atoms with Crippen LogP contribution in [-0.4, -0.2) is 10.1 Å². The monoisotopic (exact) mass is 151 g/mol. The van der Waals surface area contributed by atoms with Crippen LogP contribution in [0, 0.1) is 13.0 Å². The summed E-state index contributed by atoms with van der Waals surface area (Å²) < 4.78 is 0. The number of rotatable bonds is 1. The second kappa shape index (κ2) is 2.88. The smallest absolute Gasteiger partial charge is 0.126 e. The Kier molecular flexibility index (Phi) is 2.10. The standard InChI is InChI=1S/C8H11N2O/c1-5-3-7(6(2)11)4-10-8(5)9/h3-4,11H,1-2H3,(H2,9,10). The number of anilines is 1. The number of nitrogens with two attached hydrogens (primary N) is 1. The fourth-order valence-electron chi connectivity index (χ4n) is 0.783. The van der Waals surface area contributed by atoms with Gasteiger partial charge >= 0.3 is 0 Å². The van der Waals surface area contributed by atoms with Crippen LogP contribution in [0.5, 0.6) is 0 Å². The Morgan fingerprint density at radius 1 is 1.64 bits per heavy atom. The molecule has 0 spiro atoms. The van der Waals surface area contributed by atoms with Gasteiger partial charge in [-0.2, -0.15) is 0 Å². The molecule has 0 fully saturated rings. The van der Waals surface area contributed by atoms with Gasteiger partial charge in [-0.3, -0.25) is 0 Å². The molecule has 0 aromatic carbocycles. The summed E-state index contributed by atoms with van der Waals surface area (Å²) in [6.07, 6.45) is 1.82. The van der Waals surface area contributed by atoms with E-state index in [4.69, 9.17) is 10.8 Å². The zero-order valence-electron chi connectivity index (χ0n) is 6.63. The van der Waals surface area contributed by atoms with Crippen molar-refractivity contribution in [3.63, 3.8) is 0 Å². The molecule has 3 nitrogen and oxygen atoms in total. The Morgan fingerprint density at radius 2 is 2.27 bits per heavy atom. The van der Waals surface area contributed by atoms with Crippen molar-refractivity contribution < 1.29 is 5.11 Å². The lowest BCUT2D eigenvalue weighted by Crippen LogP contribution is -1.98. The van der Waals surface area contributed by atoms with Gasteiger partial charge in [0.25, 0.3) is 0 Å². The lowest BCUT2D eigenvalue weighted by molar-refractivity contribution is 0.340. The van der Waals surface area contributed by atoms with Crippen LogP contribution < -0.4 is 5.73 Å². The number of nitrogen functional groups attached to an aromatic ring is 1. The van der Waals surface area contributed by atoms with Crippen LogP contribution in [0.15, 0.2) is 12.3 Å². The van der Waals surface area contributed by atoms with Crippen molar-refractivity contribution in [3.8, 4) is 0 Å². The van der Waals surface area contributed by atoms with Gasteiger partial charge in [0.1, 0.15) is 11.9 Å². The third kappa shape index (κ3) is 1.68. The van der Waals surface area contributed by atoms with Gasteiger partial charge in [-0.1, -0.05) is 0 Å². The van der Waals surface area contributed by atoms with E-state index in [0.29, 0.717) is 5.82 Å². The molecule has 11 heavy (non-hydrogen) atoms. The van der Waals surface area contributed by atoms with Crippen LogP contribution in [0.4, 0.5) is 5.82 Å². The molecule has 3 heteroatoms. The quantitative estimate of drug-likeness (QED) is 0.635. The zero-order valence-corrected chi connectivity index (χ0v) is 6.63. The van der Waals surface area contributed by atoms with Crippen molar-refractivity contribution >= 4 is 5.82 Å². The molecule has 0 saturated carbocycles. The molecule has 0 aliphatic heterocycles. The predicted octanol–water partition coefficient (Wildman–Crippen LogP) is 1.24. The van der Waals surface area contributed by atoms with Gasteiger partial charge in [0.2, 0.25) is 0 Å². The van der Waals surface area contributed by atoms with E-state index < -0.39 is 0 Å². The topological polar surface area (TPSA) is 59.1 Å². The average Bonchev–Trinajstić information content (AvgIpc) is 1.94. The first-order chi connectivity index (χ1) is 5.11. The van der Waals surface area contributed by atoms with Crippen LogP contribution in [0.2, 0.25) is 0 Å². The molecular formula is C8H11N2O. The summed E-state index contributed by atoms with van der Waals surface area (Å²) in [5, 5.41) is 9.07. The molecule has 0 unspecified atom stereocenters. The second-order valence-electron chi connectivity index (χ2n) is 2.51. The molecule has 0 saturated heterocycles. The lowest BCUT2D eigenvalue weighted by atomic mass is 10.1. The van der Waals surface area contributed by atoms with Crippen LogP contribution in [-0.2, 0) is 0 Å². The predicted molar refractivity (Wildman–Crippen MR) is 43.3 cm³/mol.